The van der Waals surface area contributed by atoms with E-state index in [1.54, 1.807) is 30.8 Å². The summed E-state index contributed by atoms with van der Waals surface area (Å²) in [5.74, 6) is 0.799. The van der Waals surface area contributed by atoms with E-state index in [1.165, 1.54) is 0 Å². The fourth-order valence-corrected chi connectivity index (χ4v) is 3.09. The highest BCUT2D eigenvalue weighted by atomic mass is 16.6. The molecule has 0 aliphatic carbocycles. The number of hydrogen-bond acceptors (Lipinski definition) is 6. The SMILES string of the molecule is Cc1nn(C)c(N2CCN(c3ccccc3O)CC2)c1[N+](=O)[O-]. The third-order valence-electron chi connectivity index (χ3n) is 4.15. The van der Waals surface area contributed by atoms with Gasteiger partial charge in [-0.3, -0.25) is 10.1 Å². The van der Waals surface area contributed by atoms with Crippen molar-refractivity contribution >= 4 is 17.2 Å². The van der Waals surface area contributed by atoms with Crippen molar-refractivity contribution in [3.63, 3.8) is 0 Å². The van der Waals surface area contributed by atoms with Crippen LogP contribution in [0.1, 0.15) is 5.69 Å². The Morgan fingerprint density at radius 3 is 2.39 bits per heavy atom. The van der Waals surface area contributed by atoms with Crippen LogP contribution in [0.5, 0.6) is 5.75 Å². The fraction of sp³-hybridized carbons (Fsp3) is 0.400. The molecule has 1 saturated heterocycles. The highest BCUT2D eigenvalue weighted by Crippen LogP contribution is 2.33. The minimum Gasteiger partial charge on any atom is -0.506 e. The molecule has 1 aliphatic rings. The minimum atomic E-state index is -0.368. The second-order valence-electron chi connectivity index (χ2n) is 5.60. The van der Waals surface area contributed by atoms with E-state index < -0.39 is 0 Å². The van der Waals surface area contributed by atoms with Crippen LogP contribution in [0, 0.1) is 17.0 Å². The number of hydrogen-bond donors (Lipinski definition) is 1. The molecule has 3 rings (SSSR count). The first kappa shape index (κ1) is 15.1. The summed E-state index contributed by atoms with van der Waals surface area (Å²) < 4.78 is 1.57. The monoisotopic (exact) mass is 317 g/mol. The Kier molecular flexibility index (Phi) is 3.81. The average Bonchev–Trinajstić information content (AvgIpc) is 2.82. The van der Waals surface area contributed by atoms with Crippen LogP contribution in [0.15, 0.2) is 24.3 Å². The van der Waals surface area contributed by atoms with Gasteiger partial charge in [0.2, 0.25) is 5.82 Å². The van der Waals surface area contributed by atoms with Crippen molar-refractivity contribution in [1.82, 2.24) is 9.78 Å². The quantitative estimate of drug-likeness (QED) is 0.684. The molecule has 2 heterocycles. The van der Waals surface area contributed by atoms with Gasteiger partial charge in [0.1, 0.15) is 11.4 Å². The number of phenols is 1. The Morgan fingerprint density at radius 2 is 1.78 bits per heavy atom. The Labute approximate surface area is 133 Å². The molecule has 1 aromatic carbocycles. The van der Waals surface area contributed by atoms with Crippen LogP contribution in [0.2, 0.25) is 0 Å². The van der Waals surface area contributed by atoms with Crippen LogP contribution in [-0.2, 0) is 7.05 Å². The molecule has 0 unspecified atom stereocenters. The topological polar surface area (TPSA) is 87.7 Å². The van der Waals surface area contributed by atoms with Crippen LogP contribution in [0.3, 0.4) is 0 Å². The molecule has 8 nitrogen and oxygen atoms in total. The molecule has 0 radical (unpaired) electrons. The van der Waals surface area contributed by atoms with E-state index >= 15 is 0 Å². The van der Waals surface area contributed by atoms with Crippen LogP contribution >= 0.6 is 0 Å². The molecule has 1 fully saturated rings. The van der Waals surface area contributed by atoms with Gasteiger partial charge in [0.15, 0.2) is 0 Å². The third-order valence-corrected chi connectivity index (χ3v) is 4.15. The normalized spacial score (nSPS) is 15.0. The van der Waals surface area contributed by atoms with Gasteiger partial charge < -0.3 is 14.9 Å². The van der Waals surface area contributed by atoms with E-state index in [0.29, 0.717) is 37.7 Å². The number of aromatic nitrogens is 2. The van der Waals surface area contributed by atoms with E-state index in [0.717, 1.165) is 5.69 Å². The van der Waals surface area contributed by atoms with E-state index in [-0.39, 0.29) is 16.4 Å². The summed E-state index contributed by atoms with van der Waals surface area (Å²) in [5, 5.41) is 25.4. The molecule has 2 aromatic rings. The summed E-state index contributed by atoms with van der Waals surface area (Å²) in [5.41, 5.74) is 1.29. The standard InChI is InChI=1S/C15H19N5O3/c1-11-14(20(22)23)15(17(2)16-11)19-9-7-18(8-10-19)12-5-3-4-6-13(12)21/h3-6,21H,7-10H2,1-2H3. The van der Waals surface area contributed by atoms with Crippen LogP contribution in [0.4, 0.5) is 17.2 Å². The molecule has 8 heteroatoms. The highest BCUT2D eigenvalue weighted by molar-refractivity contribution is 5.63. The molecule has 1 N–H and O–H groups in total. The largest absolute Gasteiger partial charge is 0.506 e. The van der Waals surface area contributed by atoms with Crippen LogP contribution < -0.4 is 9.80 Å². The Hall–Kier alpha value is -2.77. The summed E-state index contributed by atoms with van der Waals surface area (Å²) in [6.45, 7) is 4.28. The van der Waals surface area contributed by atoms with Crippen molar-refractivity contribution in [3.05, 3.63) is 40.1 Å². The summed E-state index contributed by atoms with van der Waals surface area (Å²) in [6, 6.07) is 7.21. The maximum absolute atomic E-state index is 11.3. The molecule has 1 aliphatic heterocycles. The van der Waals surface area contributed by atoms with Gasteiger partial charge in [-0.25, -0.2) is 4.68 Å². The van der Waals surface area contributed by atoms with Gasteiger partial charge in [0, 0.05) is 33.2 Å². The molecule has 0 atom stereocenters. The first-order valence-corrected chi connectivity index (χ1v) is 7.45. The minimum absolute atomic E-state index is 0.0727. The molecule has 1 aromatic heterocycles. The second-order valence-corrected chi connectivity index (χ2v) is 5.60. The van der Waals surface area contributed by atoms with Gasteiger partial charge in [-0.15, -0.1) is 0 Å². The molecule has 0 bridgehead atoms. The number of nitrogens with zero attached hydrogens (tertiary/aromatic N) is 5. The van der Waals surface area contributed by atoms with Gasteiger partial charge in [-0.05, 0) is 19.1 Å². The second kappa shape index (κ2) is 5.79. The number of benzene rings is 1. The molecular weight excluding hydrogens is 298 g/mol. The van der Waals surface area contributed by atoms with Crippen molar-refractivity contribution in [3.8, 4) is 5.75 Å². The molecule has 23 heavy (non-hydrogen) atoms. The predicted octanol–water partition coefficient (Wildman–Crippen LogP) is 1.67. The fourth-order valence-electron chi connectivity index (χ4n) is 3.09. The lowest BCUT2D eigenvalue weighted by Crippen LogP contribution is -2.47. The summed E-state index contributed by atoms with van der Waals surface area (Å²) in [4.78, 5) is 15.0. The van der Waals surface area contributed by atoms with Crippen molar-refractivity contribution < 1.29 is 10.0 Å². The molecule has 0 spiro atoms. The van der Waals surface area contributed by atoms with Crippen molar-refractivity contribution in [2.24, 2.45) is 7.05 Å². The number of aryl methyl sites for hydroxylation is 2. The lowest BCUT2D eigenvalue weighted by Gasteiger charge is -2.36. The maximum Gasteiger partial charge on any atom is 0.333 e. The predicted molar refractivity (Wildman–Crippen MR) is 87.1 cm³/mol. The molecular formula is C15H19N5O3. The first-order valence-electron chi connectivity index (χ1n) is 7.45. The van der Waals surface area contributed by atoms with Crippen molar-refractivity contribution in [1.29, 1.82) is 0 Å². The van der Waals surface area contributed by atoms with Gasteiger partial charge in [0.25, 0.3) is 0 Å². The molecule has 122 valence electrons. The lowest BCUT2D eigenvalue weighted by molar-refractivity contribution is -0.384. The van der Waals surface area contributed by atoms with Crippen molar-refractivity contribution in [2.45, 2.75) is 6.92 Å². The smallest absolute Gasteiger partial charge is 0.333 e. The van der Waals surface area contributed by atoms with Gasteiger partial charge in [0.05, 0.1) is 10.6 Å². The van der Waals surface area contributed by atoms with E-state index in [4.69, 9.17) is 0 Å². The van der Waals surface area contributed by atoms with E-state index in [2.05, 4.69) is 10.00 Å². The van der Waals surface area contributed by atoms with E-state index in [1.807, 2.05) is 17.0 Å². The number of aromatic hydroxyl groups is 1. The average molecular weight is 317 g/mol. The Bertz CT molecular complexity index is 735. The highest BCUT2D eigenvalue weighted by Gasteiger charge is 2.30. The van der Waals surface area contributed by atoms with Gasteiger partial charge in [-0.1, -0.05) is 12.1 Å². The van der Waals surface area contributed by atoms with Crippen LogP contribution in [-0.4, -0.2) is 46.0 Å². The number of piperazine rings is 1. The number of para-hydroxylation sites is 2. The van der Waals surface area contributed by atoms with E-state index in [9.17, 15) is 15.2 Å². The third kappa shape index (κ3) is 2.67. The van der Waals surface area contributed by atoms with Gasteiger partial charge >= 0.3 is 5.69 Å². The number of nitro groups is 1. The molecule has 0 saturated carbocycles. The maximum atomic E-state index is 11.3. The zero-order valence-electron chi connectivity index (χ0n) is 13.1. The molecule has 0 amide bonds. The summed E-state index contributed by atoms with van der Waals surface area (Å²) >= 11 is 0. The first-order chi connectivity index (χ1) is 11.0. The lowest BCUT2D eigenvalue weighted by atomic mass is 10.2. The van der Waals surface area contributed by atoms with Crippen molar-refractivity contribution in [2.75, 3.05) is 36.0 Å². The summed E-state index contributed by atoms with van der Waals surface area (Å²) in [7, 11) is 1.73. The number of anilines is 2. The van der Waals surface area contributed by atoms with Gasteiger partial charge in [-0.2, -0.15) is 5.10 Å². The zero-order valence-corrected chi connectivity index (χ0v) is 13.1. The Balaban J connectivity index is 1.80. The number of phenolic OH excluding ortho intramolecular Hbond substituents is 1. The van der Waals surface area contributed by atoms with Crippen LogP contribution in [0.25, 0.3) is 0 Å². The Morgan fingerprint density at radius 1 is 1.17 bits per heavy atom. The number of rotatable bonds is 3. The summed E-state index contributed by atoms with van der Waals surface area (Å²) in [6.07, 6.45) is 0. The zero-order chi connectivity index (χ0) is 16.6.